The molecule has 5 nitrogen and oxygen atoms in total. The quantitative estimate of drug-likeness (QED) is 0.790. The highest BCUT2D eigenvalue weighted by atomic mass is 16.2. The minimum Gasteiger partial charge on any atom is -0.396 e. The second-order valence-electron chi connectivity index (χ2n) is 5.02. The highest BCUT2D eigenvalue weighted by Crippen LogP contribution is 2.39. The molecule has 2 rings (SSSR count). The molecule has 1 amide bonds. The van der Waals surface area contributed by atoms with E-state index in [0.717, 1.165) is 0 Å². The fourth-order valence-corrected chi connectivity index (χ4v) is 1.92. The number of rotatable bonds is 4. The molecule has 1 saturated carbocycles. The number of hydrogen-bond acceptors (Lipinski definition) is 3. The van der Waals surface area contributed by atoms with E-state index in [9.17, 15) is 4.79 Å². The molecule has 0 unspecified atom stereocenters. The Balaban J connectivity index is 1.88. The maximum Gasteiger partial charge on any atom is 0.242 e. The molecule has 0 radical (unpaired) electrons. The summed E-state index contributed by atoms with van der Waals surface area (Å²) < 4.78 is 1.55. The molecule has 1 aliphatic carbocycles. The first-order chi connectivity index (χ1) is 7.47. The molecular formula is C11H18N4O. The summed E-state index contributed by atoms with van der Waals surface area (Å²) >= 11 is 0. The zero-order valence-corrected chi connectivity index (χ0v) is 9.73. The third-order valence-corrected chi connectivity index (χ3v) is 3.02. The summed E-state index contributed by atoms with van der Waals surface area (Å²) in [5, 5.41) is 7.01. The predicted octanol–water partition coefficient (Wildman–Crippen LogP) is 0.770. The van der Waals surface area contributed by atoms with Crippen molar-refractivity contribution in [1.29, 1.82) is 0 Å². The number of nitrogens with zero attached hydrogens (tertiary/aromatic N) is 2. The molecule has 3 N–H and O–H groups in total. The van der Waals surface area contributed by atoms with E-state index in [-0.39, 0.29) is 18.0 Å². The van der Waals surface area contributed by atoms with Crippen molar-refractivity contribution in [3.05, 3.63) is 12.4 Å². The molecule has 1 aliphatic rings. The summed E-state index contributed by atoms with van der Waals surface area (Å²) in [6, 6.07) is 0. The fourth-order valence-electron chi connectivity index (χ4n) is 1.92. The Labute approximate surface area is 95.0 Å². The van der Waals surface area contributed by atoms with Crippen LogP contribution in [0.15, 0.2) is 12.4 Å². The van der Waals surface area contributed by atoms with Gasteiger partial charge in [-0.05, 0) is 32.6 Å². The van der Waals surface area contributed by atoms with Crippen LogP contribution in [0.3, 0.4) is 0 Å². The third-order valence-electron chi connectivity index (χ3n) is 3.02. The number of hydrogen-bond donors (Lipinski definition) is 2. The number of nitrogens with two attached hydrogens (primary N) is 1. The van der Waals surface area contributed by atoms with Crippen LogP contribution in [0.25, 0.3) is 0 Å². The lowest BCUT2D eigenvalue weighted by atomic mass is 9.99. The minimum atomic E-state index is -0.101. The van der Waals surface area contributed by atoms with E-state index in [1.165, 1.54) is 12.8 Å². The fraction of sp³-hybridized carbons (Fsp3) is 0.636. The predicted molar refractivity (Wildman–Crippen MR) is 61.6 cm³/mol. The van der Waals surface area contributed by atoms with Crippen molar-refractivity contribution >= 4 is 11.6 Å². The van der Waals surface area contributed by atoms with Gasteiger partial charge in [0.1, 0.15) is 6.54 Å². The zero-order chi connectivity index (χ0) is 11.8. The molecule has 1 fully saturated rings. The van der Waals surface area contributed by atoms with E-state index in [4.69, 9.17) is 5.73 Å². The first kappa shape index (κ1) is 11.0. The molecule has 1 heterocycles. The van der Waals surface area contributed by atoms with Gasteiger partial charge in [-0.15, -0.1) is 0 Å². The van der Waals surface area contributed by atoms with Gasteiger partial charge in [0.15, 0.2) is 0 Å². The average Bonchev–Trinajstić information content (AvgIpc) is 2.92. The Kier molecular flexibility index (Phi) is 2.61. The zero-order valence-electron chi connectivity index (χ0n) is 9.73. The van der Waals surface area contributed by atoms with Crippen molar-refractivity contribution in [3.8, 4) is 0 Å². The second-order valence-corrected chi connectivity index (χ2v) is 5.02. The first-order valence-electron chi connectivity index (χ1n) is 5.56. The maximum absolute atomic E-state index is 11.8. The number of nitrogen functional groups attached to an aromatic ring is 1. The Hall–Kier alpha value is -1.52. The second kappa shape index (κ2) is 3.81. The number of amides is 1. The molecule has 1 aromatic heterocycles. The molecule has 0 saturated heterocycles. The van der Waals surface area contributed by atoms with E-state index in [1.54, 1.807) is 17.1 Å². The van der Waals surface area contributed by atoms with Crippen molar-refractivity contribution in [2.75, 3.05) is 5.73 Å². The summed E-state index contributed by atoms with van der Waals surface area (Å²) in [4.78, 5) is 11.8. The molecular weight excluding hydrogens is 204 g/mol. The molecule has 0 atom stereocenters. The van der Waals surface area contributed by atoms with Crippen LogP contribution in [0.4, 0.5) is 5.69 Å². The third kappa shape index (κ3) is 2.53. The van der Waals surface area contributed by atoms with Gasteiger partial charge in [0.25, 0.3) is 0 Å². The lowest BCUT2D eigenvalue weighted by molar-refractivity contribution is -0.123. The van der Waals surface area contributed by atoms with Gasteiger partial charge in [-0.25, -0.2) is 0 Å². The summed E-state index contributed by atoms with van der Waals surface area (Å²) in [7, 11) is 0. The van der Waals surface area contributed by atoms with Crippen LogP contribution < -0.4 is 11.1 Å². The SMILES string of the molecule is CC(C)(NC(=O)Cn1cc(N)cn1)C1CC1. The molecule has 0 bridgehead atoms. The van der Waals surface area contributed by atoms with E-state index >= 15 is 0 Å². The van der Waals surface area contributed by atoms with Crippen molar-refractivity contribution in [3.63, 3.8) is 0 Å². The largest absolute Gasteiger partial charge is 0.396 e. The maximum atomic E-state index is 11.8. The lowest BCUT2D eigenvalue weighted by Gasteiger charge is -2.26. The van der Waals surface area contributed by atoms with Crippen LogP contribution in [0.1, 0.15) is 26.7 Å². The van der Waals surface area contributed by atoms with Crippen molar-refractivity contribution < 1.29 is 4.79 Å². The highest BCUT2D eigenvalue weighted by molar-refractivity contribution is 5.76. The van der Waals surface area contributed by atoms with Gasteiger partial charge >= 0.3 is 0 Å². The Bertz CT molecular complexity index is 392. The van der Waals surface area contributed by atoms with Crippen LogP contribution in [0.2, 0.25) is 0 Å². The summed E-state index contributed by atoms with van der Waals surface area (Å²) in [6.45, 7) is 4.37. The monoisotopic (exact) mass is 222 g/mol. The van der Waals surface area contributed by atoms with Gasteiger partial charge in [-0.3, -0.25) is 9.48 Å². The smallest absolute Gasteiger partial charge is 0.242 e. The first-order valence-corrected chi connectivity index (χ1v) is 5.56. The van der Waals surface area contributed by atoms with Gasteiger partial charge in [-0.1, -0.05) is 0 Å². The Morgan fingerprint density at radius 2 is 2.38 bits per heavy atom. The topological polar surface area (TPSA) is 72.9 Å². The summed E-state index contributed by atoms with van der Waals surface area (Å²) in [5.74, 6) is 0.610. The number of anilines is 1. The Morgan fingerprint density at radius 1 is 1.69 bits per heavy atom. The van der Waals surface area contributed by atoms with Gasteiger partial charge in [0, 0.05) is 11.7 Å². The van der Waals surface area contributed by atoms with Crippen LogP contribution in [-0.4, -0.2) is 21.2 Å². The molecule has 16 heavy (non-hydrogen) atoms. The van der Waals surface area contributed by atoms with Gasteiger partial charge in [0.2, 0.25) is 5.91 Å². The molecule has 5 heteroatoms. The normalized spacial score (nSPS) is 16.1. The summed E-state index contributed by atoms with van der Waals surface area (Å²) in [6.07, 6.45) is 5.62. The number of aromatic nitrogens is 2. The van der Waals surface area contributed by atoms with Gasteiger partial charge < -0.3 is 11.1 Å². The van der Waals surface area contributed by atoms with Gasteiger partial charge in [0.05, 0.1) is 11.9 Å². The molecule has 0 aliphatic heterocycles. The molecule has 1 aromatic rings. The van der Waals surface area contributed by atoms with Crippen LogP contribution in [0, 0.1) is 5.92 Å². The van der Waals surface area contributed by atoms with Crippen molar-refractivity contribution in [2.24, 2.45) is 5.92 Å². The van der Waals surface area contributed by atoms with E-state index in [1.807, 2.05) is 0 Å². The Morgan fingerprint density at radius 3 is 2.88 bits per heavy atom. The number of carbonyl (C=O) groups is 1. The number of carbonyl (C=O) groups excluding carboxylic acids is 1. The molecule has 0 spiro atoms. The van der Waals surface area contributed by atoms with Gasteiger partial charge in [-0.2, -0.15) is 5.10 Å². The molecule has 0 aromatic carbocycles. The van der Waals surface area contributed by atoms with E-state index in [0.29, 0.717) is 11.6 Å². The lowest BCUT2D eigenvalue weighted by Crippen LogP contribution is -2.46. The minimum absolute atomic E-state index is 0.0139. The number of nitrogens with one attached hydrogen (secondary N) is 1. The van der Waals surface area contributed by atoms with E-state index in [2.05, 4.69) is 24.3 Å². The van der Waals surface area contributed by atoms with Crippen LogP contribution in [-0.2, 0) is 11.3 Å². The van der Waals surface area contributed by atoms with E-state index < -0.39 is 0 Å². The summed E-state index contributed by atoms with van der Waals surface area (Å²) in [5.41, 5.74) is 6.00. The van der Waals surface area contributed by atoms with Crippen LogP contribution >= 0.6 is 0 Å². The standard InChI is InChI=1S/C11H18N4O/c1-11(2,8-3-4-8)14-10(16)7-15-6-9(12)5-13-15/h5-6,8H,3-4,7,12H2,1-2H3,(H,14,16). The highest BCUT2D eigenvalue weighted by Gasteiger charge is 2.38. The van der Waals surface area contributed by atoms with Crippen molar-refractivity contribution in [2.45, 2.75) is 38.8 Å². The molecule has 88 valence electrons. The van der Waals surface area contributed by atoms with Crippen LogP contribution in [0.5, 0.6) is 0 Å². The average molecular weight is 222 g/mol. The van der Waals surface area contributed by atoms with Crippen molar-refractivity contribution in [1.82, 2.24) is 15.1 Å².